The van der Waals surface area contributed by atoms with Crippen molar-refractivity contribution in [3.63, 3.8) is 0 Å². The lowest BCUT2D eigenvalue weighted by atomic mass is 10.1. The number of aromatic nitrogens is 4. The quantitative estimate of drug-likeness (QED) is 0.447. The number of ether oxygens (including phenoxy) is 1. The molecule has 1 saturated heterocycles. The van der Waals surface area contributed by atoms with Crippen LogP contribution in [0.15, 0.2) is 12.7 Å². The predicted octanol–water partition coefficient (Wildman–Crippen LogP) is -1.42. The van der Waals surface area contributed by atoms with Crippen LogP contribution in [0.1, 0.15) is 19.1 Å². The molecule has 11 heteroatoms. The first-order chi connectivity index (χ1) is 12.4. The largest absolute Gasteiger partial charge is 0.388 e. The number of nitriles is 1. The van der Waals surface area contributed by atoms with Crippen molar-refractivity contribution in [1.29, 1.82) is 5.26 Å². The van der Waals surface area contributed by atoms with E-state index in [1.807, 2.05) is 6.07 Å². The number of imidazole rings is 1. The van der Waals surface area contributed by atoms with Crippen molar-refractivity contribution in [2.75, 3.05) is 19.3 Å². The number of hydrogen-bond donors (Lipinski definition) is 4. The average Bonchev–Trinajstić information content (AvgIpc) is 3.17. The molecule has 0 amide bonds. The Hall–Kier alpha value is -2.36. The molecule has 2 aromatic heterocycles. The SMILES string of the molecule is CN(CCC#N)C(O)C[C@H]1O[C@@H](n2cnc3c(N)ncnc32)[C@H](O)[C@@H]1O. The third kappa shape index (κ3) is 3.33. The van der Waals surface area contributed by atoms with Crippen molar-refractivity contribution in [2.24, 2.45) is 0 Å². The van der Waals surface area contributed by atoms with Gasteiger partial charge in [-0.25, -0.2) is 15.0 Å². The maximum atomic E-state index is 10.4. The molecular weight excluding hydrogens is 342 g/mol. The number of nitrogens with zero attached hydrogens (tertiary/aromatic N) is 6. The minimum Gasteiger partial charge on any atom is -0.388 e. The van der Waals surface area contributed by atoms with Crippen LogP contribution >= 0.6 is 0 Å². The normalized spacial score (nSPS) is 27.1. The van der Waals surface area contributed by atoms with E-state index in [-0.39, 0.29) is 18.7 Å². The van der Waals surface area contributed by atoms with Crippen LogP contribution in [0.5, 0.6) is 0 Å². The third-order valence-corrected chi connectivity index (χ3v) is 4.53. The number of nitrogen functional groups attached to an aromatic ring is 1. The maximum absolute atomic E-state index is 10.4. The molecule has 5 atom stereocenters. The van der Waals surface area contributed by atoms with Crippen molar-refractivity contribution < 1.29 is 20.1 Å². The smallest absolute Gasteiger partial charge is 0.167 e. The molecule has 5 N–H and O–H groups in total. The summed E-state index contributed by atoms with van der Waals surface area (Å²) in [6.45, 7) is 0.384. The molecule has 1 aliphatic rings. The Morgan fingerprint density at radius 3 is 2.88 bits per heavy atom. The zero-order valence-corrected chi connectivity index (χ0v) is 14.2. The lowest BCUT2D eigenvalue weighted by molar-refractivity contribution is -0.0734. The van der Waals surface area contributed by atoms with Crippen molar-refractivity contribution in [2.45, 2.75) is 43.6 Å². The fraction of sp³-hybridized carbons (Fsp3) is 0.600. The Bertz CT molecular complexity index is 807. The Morgan fingerprint density at radius 1 is 1.38 bits per heavy atom. The van der Waals surface area contributed by atoms with Gasteiger partial charge in [0.1, 0.15) is 30.3 Å². The summed E-state index contributed by atoms with van der Waals surface area (Å²) in [6, 6.07) is 2.00. The Kier molecular flexibility index (Phi) is 5.30. The highest BCUT2D eigenvalue weighted by Gasteiger charge is 2.45. The predicted molar refractivity (Wildman–Crippen MR) is 89.1 cm³/mol. The van der Waals surface area contributed by atoms with Crippen LogP contribution < -0.4 is 5.73 Å². The van der Waals surface area contributed by atoms with E-state index in [0.717, 1.165) is 0 Å². The van der Waals surface area contributed by atoms with E-state index in [1.165, 1.54) is 17.2 Å². The van der Waals surface area contributed by atoms with Crippen molar-refractivity contribution in [3.05, 3.63) is 12.7 Å². The van der Waals surface area contributed by atoms with Gasteiger partial charge in [0.25, 0.3) is 0 Å². The lowest BCUT2D eigenvalue weighted by Crippen LogP contribution is -2.39. The Labute approximate surface area is 149 Å². The van der Waals surface area contributed by atoms with Gasteiger partial charge in [0.15, 0.2) is 17.7 Å². The van der Waals surface area contributed by atoms with E-state index >= 15 is 0 Å². The molecule has 3 rings (SSSR count). The minimum atomic E-state index is -1.23. The second kappa shape index (κ2) is 7.48. The van der Waals surface area contributed by atoms with Gasteiger partial charge in [-0.1, -0.05) is 0 Å². The zero-order chi connectivity index (χ0) is 18.8. The molecule has 0 saturated carbocycles. The molecule has 11 nitrogen and oxygen atoms in total. The number of rotatable bonds is 6. The number of hydrogen-bond acceptors (Lipinski definition) is 10. The first kappa shape index (κ1) is 18.4. The van der Waals surface area contributed by atoms with Crippen molar-refractivity contribution in [1.82, 2.24) is 24.4 Å². The molecule has 1 fully saturated rings. The molecule has 26 heavy (non-hydrogen) atoms. The molecule has 0 bridgehead atoms. The monoisotopic (exact) mass is 363 g/mol. The molecule has 0 spiro atoms. The lowest BCUT2D eigenvalue weighted by Gasteiger charge is -2.25. The summed E-state index contributed by atoms with van der Waals surface area (Å²) in [5.41, 5.74) is 6.50. The first-order valence-electron chi connectivity index (χ1n) is 8.14. The van der Waals surface area contributed by atoms with Gasteiger partial charge in [0.05, 0.1) is 18.5 Å². The molecule has 1 aliphatic heterocycles. The Balaban J connectivity index is 1.75. The number of aliphatic hydroxyl groups excluding tert-OH is 3. The van der Waals surface area contributed by atoms with E-state index in [2.05, 4.69) is 15.0 Å². The number of nitrogens with two attached hydrogens (primary N) is 1. The Morgan fingerprint density at radius 2 is 2.15 bits per heavy atom. The average molecular weight is 363 g/mol. The van der Waals surface area contributed by atoms with E-state index in [9.17, 15) is 15.3 Å². The van der Waals surface area contributed by atoms with E-state index in [4.69, 9.17) is 15.7 Å². The molecule has 3 heterocycles. The highest BCUT2D eigenvalue weighted by molar-refractivity contribution is 5.81. The van der Waals surface area contributed by atoms with Gasteiger partial charge >= 0.3 is 0 Å². The topological polar surface area (TPSA) is 167 Å². The van der Waals surface area contributed by atoms with Gasteiger partial charge < -0.3 is 25.8 Å². The molecule has 1 unspecified atom stereocenters. The van der Waals surface area contributed by atoms with Crippen LogP contribution in [0.2, 0.25) is 0 Å². The summed E-state index contributed by atoms with van der Waals surface area (Å²) in [5.74, 6) is 0.202. The summed E-state index contributed by atoms with van der Waals surface area (Å²) < 4.78 is 7.25. The van der Waals surface area contributed by atoms with E-state index < -0.39 is 30.8 Å². The number of aliphatic hydroxyl groups is 3. The van der Waals surface area contributed by atoms with Gasteiger partial charge in [0, 0.05) is 19.4 Å². The van der Waals surface area contributed by atoms with E-state index in [1.54, 1.807) is 11.9 Å². The van der Waals surface area contributed by atoms with Gasteiger partial charge in [-0.3, -0.25) is 9.47 Å². The van der Waals surface area contributed by atoms with Crippen LogP contribution in [0.3, 0.4) is 0 Å². The molecule has 0 aliphatic carbocycles. The van der Waals surface area contributed by atoms with Crippen LogP contribution in [-0.4, -0.2) is 77.9 Å². The van der Waals surface area contributed by atoms with Crippen LogP contribution in [-0.2, 0) is 4.74 Å². The van der Waals surface area contributed by atoms with E-state index in [0.29, 0.717) is 17.7 Å². The summed E-state index contributed by atoms with van der Waals surface area (Å²) in [5, 5.41) is 39.5. The van der Waals surface area contributed by atoms with Crippen LogP contribution in [0.25, 0.3) is 11.2 Å². The highest BCUT2D eigenvalue weighted by Crippen LogP contribution is 2.33. The molecular formula is C15H21N7O4. The minimum absolute atomic E-state index is 0.0698. The summed E-state index contributed by atoms with van der Waals surface area (Å²) in [6.07, 6.45) is -2.05. The van der Waals surface area contributed by atoms with Crippen LogP contribution in [0.4, 0.5) is 5.82 Å². The maximum Gasteiger partial charge on any atom is 0.167 e. The molecule has 0 aromatic carbocycles. The standard InChI is InChI=1S/C15H21N7O4/c1-21(4-2-3-16)9(23)5-8-11(24)12(25)15(26-8)22-7-20-10-13(17)18-6-19-14(10)22/h6-9,11-12,15,23-25H,2,4-5H2,1H3,(H2,17,18,19)/t8-,9?,11-,12-,15-/m1/s1. The van der Waals surface area contributed by atoms with Gasteiger partial charge in [0.2, 0.25) is 0 Å². The molecule has 140 valence electrons. The summed E-state index contributed by atoms with van der Waals surface area (Å²) >= 11 is 0. The van der Waals surface area contributed by atoms with Crippen LogP contribution in [0, 0.1) is 11.3 Å². The van der Waals surface area contributed by atoms with Gasteiger partial charge in [-0.05, 0) is 7.05 Å². The fourth-order valence-corrected chi connectivity index (χ4v) is 2.97. The van der Waals surface area contributed by atoms with Crippen molar-refractivity contribution >= 4 is 17.0 Å². The second-order valence-electron chi connectivity index (χ2n) is 6.23. The molecule has 0 radical (unpaired) electrons. The third-order valence-electron chi connectivity index (χ3n) is 4.53. The van der Waals surface area contributed by atoms with Gasteiger partial charge in [-0.15, -0.1) is 0 Å². The second-order valence-corrected chi connectivity index (χ2v) is 6.23. The number of anilines is 1. The van der Waals surface area contributed by atoms with Gasteiger partial charge in [-0.2, -0.15) is 5.26 Å². The summed E-state index contributed by atoms with van der Waals surface area (Å²) in [7, 11) is 1.67. The van der Waals surface area contributed by atoms with Crippen molar-refractivity contribution in [3.8, 4) is 6.07 Å². The zero-order valence-electron chi connectivity index (χ0n) is 14.2. The fourth-order valence-electron chi connectivity index (χ4n) is 2.97. The first-order valence-corrected chi connectivity index (χ1v) is 8.14. The highest BCUT2D eigenvalue weighted by atomic mass is 16.6. The number of fused-ring (bicyclic) bond motifs is 1. The summed E-state index contributed by atoms with van der Waals surface area (Å²) in [4.78, 5) is 13.7. The molecule has 2 aromatic rings.